The second-order valence-electron chi connectivity index (χ2n) is 2.95. The van der Waals surface area contributed by atoms with Crippen LogP contribution in [0.1, 0.15) is 12.5 Å². The van der Waals surface area contributed by atoms with Gasteiger partial charge in [0.15, 0.2) is 0 Å². The van der Waals surface area contributed by atoms with Gasteiger partial charge in [0.05, 0.1) is 18.7 Å². The highest BCUT2D eigenvalue weighted by atomic mass is 35.5. The van der Waals surface area contributed by atoms with E-state index in [1.807, 2.05) is 0 Å². The molecule has 1 rings (SSSR count). The van der Waals surface area contributed by atoms with Crippen LogP contribution in [0.25, 0.3) is 0 Å². The molecule has 0 fully saturated rings. The Morgan fingerprint density at radius 1 is 1.65 bits per heavy atom. The normalized spacial score (nSPS) is 9.76. The predicted molar refractivity (Wildman–Crippen MR) is 59.8 cm³/mol. The van der Waals surface area contributed by atoms with Crippen LogP contribution in [-0.2, 0) is 11.3 Å². The van der Waals surface area contributed by atoms with Gasteiger partial charge in [0, 0.05) is 6.07 Å². The monoisotopic (exact) mass is 259 g/mol. The van der Waals surface area contributed by atoms with E-state index >= 15 is 0 Å². The number of ether oxygens (including phenoxy) is 1. The Balaban J connectivity index is 2.77. The SMILES string of the molecule is CCOC(=O)NCc1ccc(Cl)nc1[N+](=O)[O-]. The molecular formula is C9H10ClN3O4. The number of hydrogen-bond acceptors (Lipinski definition) is 5. The van der Waals surface area contributed by atoms with Crippen LogP contribution in [-0.4, -0.2) is 22.6 Å². The maximum atomic E-state index is 11.0. The molecule has 8 heteroatoms. The Bertz CT molecular complexity index is 438. The fourth-order valence-corrected chi connectivity index (χ4v) is 1.24. The van der Waals surface area contributed by atoms with E-state index in [1.165, 1.54) is 12.1 Å². The molecule has 0 aromatic carbocycles. The summed E-state index contributed by atoms with van der Waals surface area (Å²) in [6.45, 7) is 1.85. The summed E-state index contributed by atoms with van der Waals surface area (Å²) in [7, 11) is 0. The van der Waals surface area contributed by atoms with E-state index in [2.05, 4.69) is 15.0 Å². The number of carbonyl (C=O) groups is 1. The molecule has 1 N–H and O–H groups in total. The van der Waals surface area contributed by atoms with Crippen LogP contribution in [0.15, 0.2) is 12.1 Å². The second-order valence-corrected chi connectivity index (χ2v) is 3.34. The zero-order chi connectivity index (χ0) is 12.8. The summed E-state index contributed by atoms with van der Waals surface area (Å²) in [6.07, 6.45) is -0.642. The molecule has 0 radical (unpaired) electrons. The number of nitro groups is 1. The van der Waals surface area contributed by atoms with Crippen molar-refractivity contribution in [2.24, 2.45) is 0 Å². The molecule has 0 aliphatic rings. The number of hydrogen-bond donors (Lipinski definition) is 1. The van der Waals surface area contributed by atoms with E-state index in [4.69, 9.17) is 11.6 Å². The Kier molecular flexibility index (Phi) is 4.65. The molecule has 0 aliphatic carbocycles. The lowest BCUT2D eigenvalue weighted by atomic mass is 10.2. The Morgan fingerprint density at radius 3 is 2.94 bits per heavy atom. The maximum absolute atomic E-state index is 11.0. The van der Waals surface area contributed by atoms with Gasteiger partial charge in [-0.05, 0) is 34.5 Å². The van der Waals surface area contributed by atoms with E-state index in [1.54, 1.807) is 6.92 Å². The van der Waals surface area contributed by atoms with Gasteiger partial charge >= 0.3 is 11.9 Å². The van der Waals surface area contributed by atoms with Crippen molar-refractivity contribution in [1.82, 2.24) is 10.3 Å². The molecule has 17 heavy (non-hydrogen) atoms. The Morgan fingerprint density at radius 2 is 2.35 bits per heavy atom. The van der Waals surface area contributed by atoms with Gasteiger partial charge in [0.2, 0.25) is 5.15 Å². The Hall–Kier alpha value is -1.89. The first-order valence-electron chi connectivity index (χ1n) is 4.75. The predicted octanol–water partition coefficient (Wildman–Crippen LogP) is 1.89. The van der Waals surface area contributed by atoms with Crippen LogP contribution in [0, 0.1) is 10.1 Å². The van der Waals surface area contributed by atoms with E-state index in [9.17, 15) is 14.9 Å². The summed E-state index contributed by atoms with van der Waals surface area (Å²) in [5.74, 6) is -0.380. The molecule has 0 saturated heterocycles. The van der Waals surface area contributed by atoms with Gasteiger partial charge in [-0.3, -0.25) is 0 Å². The van der Waals surface area contributed by atoms with Crippen molar-refractivity contribution in [2.75, 3.05) is 6.61 Å². The van der Waals surface area contributed by atoms with Gasteiger partial charge in [0.25, 0.3) is 0 Å². The molecule has 1 aromatic rings. The van der Waals surface area contributed by atoms with Gasteiger partial charge in [-0.25, -0.2) is 4.79 Å². The lowest BCUT2D eigenvalue weighted by Crippen LogP contribution is -2.24. The van der Waals surface area contributed by atoms with Crippen molar-refractivity contribution in [3.05, 3.63) is 33.0 Å². The zero-order valence-electron chi connectivity index (χ0n) is 8.97. The molecule has 0 atom stereocenters. The van der Waals surface area contributed by atoms with Crippen molar-refractivity contribution >= 4 is 23.5 Å². The number of amides is 1. The number of nitrogens with zero attached hydrogens (tertiary/aromatic N) is 2. The topological polar surface area (TPSA) is 94.4 Å². The third kappa shape index (κ3) is 3.87. The molecule has 7 nitrogen and oxygen atoms in total. The highest BCUT2D eigenvalue weighted by Crippen LogP contribution is 2.18. The van der Waals surface area contributed by atoms with Crippen LogP contribution in [0.5, 0.6) is 0 Å². The van der Waals surface area contributed by atoms with Crippen molar-refractivity contribution in [3.8, 4) is 0 Å². The van der Waals surface area contributed by atoms with Crippen LogP contribution >= 0.6 is 11.6 Å². The number of halogens is 1. The molecule has 1 amide bonds. The fourth-order valence-electron chi connectivity index (χ4n) is 1.10. The Labute approximate surface area is 102 Å². The number of alkyl carbamates (subject to hydrolysis) is 1. The standard InChI is InChI=1S/C9H10ClN3O4/c1-2-17-9(14)11-5-6-3-4-7(10)12-8(6)13(15)16/h3-4H,2,5H2,1H3,(H,11,14). The van der Waals surface area contributed by atoms with E-state index in [-0.39, 0.29) is 29.7 Å². The number of aromatic nitrogens is 1. The summed E-state index contributed by atoms with van der Waals surface area (Å²) in [4.78, 5) is 24.6. The summed E-state index contributed by atoms with van der Waals surface area (Å²) < 4.78 is 4.62. The van der Waals surface area contributed by atoms with Crippen LogP contribution in [0.2, 0.25) is 5.15 Å². The lowest BCUT2D eigenvalue weighted by Gasteiger charge is -2.05. The quantitative estimate of drug-likeness (QED) is 0.506. The number of carbonyl (C=O) groups excluding carboxylic acids is 1. The molecule has 0 saturated carbocycles. The number of pyridine rings is 1. The molecule has 1 aromatic heterocycles. The van der Waals surface area contributed by atoms with Crippen molar-refractivity contribution in [1.29, 1.82) is 0 Å². The minimum absolute atomic E-state index is 0.0246. The third-order valence-electron chi connectivity index (χ3n) is 1.79. The average Bonchev–Trinajstić information content (AvgIpc) is 2.27. The van der Waals surface area contributed by atoms with Crippen molar-refractivity contribution in [3.63, 3.8) is 0 Å². The van der Waals surface area contributed by atoms with Gasteiger partial charge < -0.3 is 20.2 Å². The molecule has 0 spiro atoms. The van der Waals surface area contributed by atoms with E-state index in [0.29, 0.717) is 0 Å². The summed E-state index contributed by atoms with van der Waals surface area (Å²) in [6, 6.07) is 2.84. The minimum atomic E-state index is -0.659. The fraction of sp³-hybridized carbons (Fsp3) is 0.333. The van der Waals surface area contributed by atoms with Gasteiger partial charge in [0.1, 0.15) is 0 Å². The highest BCUT2D eigenvalue weighted by Gasteiger charge is 2.17. The summed E-state index contributed by atoms with van der Waals surface area (Å²) >= 11 is 5.55. The first-order valence-corrected chi connectivity index (χ1v) is 5.12. The number of rotatable bonds is 4. The highest BCUT2D eigenvalue weighted by molar-refractivity contribution is 6.29. The number of nitrogens with one attached hydrogen (secondary N) is 1. The molecule has 0 unspecified atom stereocenters. The maximum Gasteiger partial charge on any atom is 0.407 e. The first-order chi connectivity index (χ1) is 8.04. The van der Waals surface area contributed by atoms with E-state index < -0.39 is 11.0 Å². The zero-order valence-corrected chi connectivity index (χ0v) is 9.73. The van der Waals surface area contributed by atoms with Crippen molar-refractivity contribution < 1.29 is 14.5 Å². The van der Waals surface area contributed by atoms with E-state index in [0.717, 1.165) is 0 Å². The van der Waals surface area contributed by atoms with Crippen LogP contribution in [0.3, 0.4) is 0 Å². The van der Waals surface area contributed by atoms with Gasteiger partial charge in [-0.1, -0.05) is 0 Å². The largest absolute Gasteiger partial charge is 0.450 e. The summed E-state index contributed by atoms with van der Waals surface area (Å²) in [5, 5.41) is 13.1. The summed E-state index contributed by atoms with van der Waals surface area (Å²) in [5.41, 5.74) is 0.257. The minimum Gasteiger partial charge on any atom is -0.450 e. The van der Waals surface area contributed by atoms with Crippen molar-refractivity contribution in [2.45, 2.75) is 13.5 Å². The van der Waals surface area contributed by atoms with Gasteiger partial charge in [-0.15, -0.1) is 0 Å². The molecule has 0 bridgehead atoms. The lowest BCUT2D eigenvalue weighted by molar-refractivity contribution is -0.390. The van der Waals surface area contributed by atoms with Gasteiger partial charge in [-0.2, -0.15) is 0 Å². The van der Waals surface area contributed by atoms with Crippen LogP contribution < -0.4 is 5.32 Å². The third-order valence-corrected chi connectivity index (χ3v) is 2.00. The van der Waals surface area contributed by atoms with Crippen LogP contribution in [0.4, 0.5) is 10.6 Å². The second kappa shape index (κ2) is 6.00. The smallest absolute Gasteiger partial charge is 0.407 e. The molecular weight excluding hydrogens is 250 g/mol. The molecule has 92 valence electrons. The first kappa shape index (κ1) is 13.2. The average molecular weight is 260 g/mol. The molecule has 0 aliphatic heterocycles. The molecule has 1 heterocycles.